The van der Waals surface area contributed by atoms with Crippen molar-refractivity contribution < 1.29 is 14.6 Å². The molecule has 4 heteroatoms. The molecule has 0 bridgehead atoms. The Morgan fingerprint density at radius 2 is 2.09 bits per heavy atom. The summed E-state index contributed by atoms with van der Waals surface area (Å²) in [7, 11) is 0. The third-order valence-corrected chi connectivity index (χ3v) is 3.83. The van der Waals surface area contributed by atoms with Crippen LogP contribution in [-0.2, 0) is 16.0 Å². The van der Waals surface area contributed by atoms with E-state index in [9.17, 15) is 5.11 Å². The van der Waals surface area contributed by atoms with Crippen LogP contribution in [0.5, 0.6) is 0 Å². The topological polar surface area (TPSA) is 41.9 Å². The lowest BCUT2D eigenvalue weighted by Gasteiger charge is -2.27. The number of rotatable bonds is 9. The standard InChI is InChI=1S/C18H29NO3/c1-15(2)22-14-17(20)12-19(13-18-9-6-10-21-18)11-16-7-4-3-5-8-16/h3-5,7-8,15,17-18,20H,6,9-14H2,1-2H3/t17-,18-/m0/s1. The van der Waals surface area contributed by atoms with Crippen molar-refractivity contribution in [1.29, 1.82) is 0 Å². The first-order chi connectivity index (χ1) is 10.6. The van der Waals surface area contributed by atoms with E-state index in [-0.39, 0.29) is 6.10 Å². The Balaban J connectivity index is 1.88. The first-order valence-corrected chi connectivity index (χ1v) is 8.31. The van der Waals surface area contributed by atoms with Gasteiger partial charge in [-0.25, -0.2) is 0 Å². The molecule has 1 N–H and O–H groups in total. The molecule has 4 nitrogen and oxygen atoms in total. The molecule has 1 saturated heterocycles. The maximum absolute atomic E-state index is 10.2. The van der Waals surface area contributed by atoms with Crippen molar-refractivity contribution in [3.05, 3.63) is 35.9 Å². The third-order valence-electron chi connectivity index (χ3n) is 3.83. The molecule has 124 valence electrons. The molecule has 22 heavy (non-hydrogen) atoms. The van der Waals surface area contributed by atoms with Gasteiger partial charge >= 0.3 is 0 Å². The van der Waals surface area contributed by atoms with Crippen molar-refractivity contribution in [3.8, 4) is 0 Å². The van der Waals surface area contributed by atoms with Crippen molar-refractivity contribution in [3.63, 3.8) is 0 Å². The van der Waals surface area contributed by atoms with E-state index in [1.54, 1.807) is 0 Å². The van der Waals surface area contributed by atoms with Crippen LogP contribution in [0.4, 0.5) is 0 Å². The van der Waals surface area contributed by atoms with Gasteiger partial charge in [-0.15, -0.1) is 0 Å². The van der Waals surface area contributed by atoms with Gasteiger partial charge in [-0.1, -0.05) is 30.3 Å². The van der Waals surface area contributed by atoms with Gasteiger partial charge in [-0.05, 0) is 32.3 Å². The van der Waals surface area contributed by atoms with Crippen LogP contribution < -0.4 is 0 Å². The maximum atomic E-state index is 10.2. The van der Waals surface area contributed by atoms with Crippen molar-refractivity contribution in [2.75, 3.05) is 26.3 Å². The van der Waals surface area contributed by atoms with Gasteiger partial charge in [0.1, 0.15) is 0 Å². The summed E-state index contributed by atoms with van der Waals surface area (Å²) in [6, 6.07) is 10.4. The number of hydrogen-bond donors (Lipinski definition) is 1. The Kier molecular flexibility index (Phi) is 7.33. The smallest absolute Gasteiger partial charge is 0.0900 e. The molecule has 0 unspecified atom stereocenters. The Bertz CT molecular complexity index is 404. The zero-order valence-electron chi connectivity index (χ0n) is 13.8. The van der Waals surface area contributed by atoms with Gasteiger partial charge in [-0.3, -0.25) is 4.90 Å². The molecule has 0 radical (unpaired) electrons. The van der Waals surface area contributed by atoms with Crippen molar-refractivity contribution in [1.82, 2.24) is 4.90 Å². The Labute approximate surface area is 134 Å². The molecule has 0 aromatic heterocycles. The van der Waals surface area contributed by atoms with Crippen molar-refractivity contribution in [2.24, 2.45) is 0 Å². The highest BCUT2D eigenvalue weighted by Gasteiger charge is 2.21. The zero-order valence-corrected chi connectivity index (χ0v) is 13.8. The van der Waals surface area contributed by atoms with E-state index >= 15 is 0 Å². The van der Waals surface area contributed by atoms with E-state index in [4.69, 9.17) is 9.47 Å². The largest absolute Gasteiger partial charge is 0.389 e. The minimum absolute atomic E-state index is 0.149. The first kappa shape index (κ1) is 17.4. The predicted octanol–water partition coefficient (Wildman–Crippen LogP) is 2.45. The van der Waals surface area contributed by atoms with Gasteiger partial charge in [0.2, 0.25) is 0 Å². The highest BCUT2D eigenvalue weighted by Crippen LogP contribution is 2.15. The summed E-state index contributed by atoms with van der Waals surface area (Å²) in [6.45, 7) is 7.54. The second kappa shape index (κ2) is 9.26. The van der Waals surface area contributed by atoms with Crippen LogP contribution in [0.25, 0.3) is 0 Å². The minimum atomic E-state index is -0.465. The fourth-order valence-electron chi connectivity index (χ4n) is 2.78. The molecule has 0 amide bonds. The molecule has 2 rings (SSSR count). The summed E-state index contributed by atoms with van der Waals surface area (Å²) in [5.74, 6) is 0. The van der Waals surface area contributed by atoms with Crippen LogP contribution in [0.2, 0.25) is 0 Å². The lowest BCUT2D eigenvalue weighted by atomic mass is 10.1. The molecule has 0 aliphatic carbocycles. The number of hydrogen-bond acceptors (Lipinski definition) is 4. The molecular weight excluding hydrogens is 278 g/mol. The van der Waals surface area contributed by atoms with Gasteiger partial charge < -0.3 is 14.6 Å². The average Bonchev–Trinajstić information content (AvgIpc) is 2.99. The summed E-state index contributed by atoms with van der Waals surface area (Å²) >= 11 is 0. The van der Waals surface area contributed by atoms with Gasteiger partial charge in [0.15, 0.2) is 0 Å². The Morgan fingerprint density at radius 3 is 2.73 bits per heavy atom. The highest BCUT2D eigenvalue weighted by atomic mass is 16.5. The maximum Gasteiger partial charge on any atom is 0.0900 e. The summed E-state index contributed by atoms with van der Waals surface area (Å²) in [4.78, 5) is 2.28. The van der Waals surface area contributed by atoms with Crippen LogP contribution in [0, 0.1) is 0 Å². The number of ether oxygens (including phenoxy) is 2. The molecule has 1 heterocycles. The summed E-state index contributed by atoms with van der Waals surface area (Å²) < 4.78 is 11.3. The van der Waals surface area contributed by atoms with Crippen LogP contribution in [0.3, 0.4) is 0 Å². The molecule has 1 fully saturated rings. The van der Waals surface area contributed by atoms with Crippen LogP contribution in [0.1, 0.15) is 32.3 Å². The highest BCUT2D eigenvalue weighted by molar-refractivity contribution is 5.14. The fraction of sp³-hybridized carbons (Fsp3) is 0.667. The van der Waals surface area contributed by atoms with Gasteiger partial charge in [0, 0.05) is 26.2 Å². The predicted molar refractivity (Wildman–Crippen MR) is 87.8 cm³/mol. The second-order valence-corrected chi connectivity index (χ2v) is 6.35. The minimum Gasteiger partial charge on any atom is -0.389 e. The van der Waals surface area contributed by atoms with Gasteiger partial charge in [0.25, 0.3) is 0 Å². The Hall–Kier alpha value is -0.940. The SMILES string of the molecule is CC(C)OC[C@@H](O)CN(Cc1ccccc1)C[C@@H]1CCCO1. The molecule has 0 saturated carbocycles. The average molecular weight is 307 g/mol. The normalized spacial score (nSPS) is 20.0. The summed E-state index contributed by atoms with van der Waals surface area (Å²) in [6.07, 6.45) is 2.23. The fourth-order valence-corrected chi connectivity index (χ4v) is 2.78. The zero-order chi connectivity index (χ0) is 15.8. The van der Waals surface area contributed by atoms with Crippen LogP contribution in [-0.4, -0.2) is 54.6 Å². The number of aliphatic hydroxyl groups excluding tert-OH is 1. The van der Waals surface area contributed by atoms with Crippen LogP contribution >= 0.6 is 0 Å². The van der Waals surface area contributed by atoms with Gasteiger partial charge in [0.05, 0.1) is 24.9 Å². The van der Waals surface area contributed by atoms with Crippen LogP contribution in [0.15, 0.2) is 30.3 Å². The van der Waals surface area contributed by atoms with Crippen molar-refractivity contribution in [2.45, 2.75) is 51.5 Å². The van der Waals surface area contributed by atoms with E-state index in [1.165, 1.54) is 5.56 Å². The van der Waals surface area contributed by atoms with Gasteiger partial charge in [-0.2, -0.15) is 0 Å². The quantitative estimate of drug-likeness (QED) is 0.761. The van der Waals surface area contributed by atoms with E-state index in [0.717, 1.165) is 32.5 Å². The molecule has 2 atom stereocenters. The van der Waals surface area contributed by atoms with Crippen molar-refractivity contribution >= 4 is 0 Å². The monoisotopic (exact) mass is 307 g/mol. The lowest BCUT2D eigenvalue weighted by Crippen LogP contribution is -2.39. The second-order valence-electron chi connectivity index (χ2n) is 6.35. The lowest BCUT2D eigenvalue weighted by molar-refractivity contribution is -0.0172. The Morgan fingerprint density at radius 1 is 1.32 bits per heavy atom. The molecule has 1 aliphatic heterocycles. The molecule has 0 spiro atoms. The molecule has 1 aromatic carbocycles. The number of benzene rings is 1. The molecule has 1 aliphatic rings. The van der Waals surface area contributed by atoms with E-state index in [2.05, 4.69) is 29.2 Å². The van der Waals surface area contributed by atoms with E-state index in [0.29, 0.717) is 19.3 Å². The molecular formula is C18H29NO3. The number of aliphatic hydroxyl groups is 1. The van der Waals surface area contributed by atoms with E-state index in [1.807, 2.05) is 19.9 Å². The first-order valence-electron chi connectivity index (χ1n) is 8.31. The molecule has 1 aromatic rings. The summed E-state index contributed by atoms with van der Waals surface area (Å²) in [5, 5.41) is 10.2. The number of nitrogens with zero attached hydrogens (tertiary/aromatic N) is 1. The summed E-state index contributed by atoms with van der Waals surface area (Å²) in [5.41, 5.74) is 1.26. The van der Waals surface area contributed by atoms with E-state index < -0.39 is 6.10 Å². The third kappa shape index (κ3) is 6.44.